The van der Waals surface area contributed by atoms with Crippen molar-refractivity contribution in [2.45, 2.75) is 70.6 Å². The number of carbonyl (C=O) groups is 2. The third-order valence-electron chi connectivity index (χ3n) is 6.32. The van der Waals surface area contributed by atoms with Crippen LogP contribution >= 0.6 is 0 Å². The molecule has 1 aromatic carbocycles. The van der Waals surface area contributed by atoms with Crippen LogP contribution in [0.15, 0.2) is 12.1 Å². The highest BCUT2D eigenvalue weighted by Crippen LogP contribution is 2.42. The maximum Gasteiger partial charge on any atom is 0.302 e. The molecule has 2 heterocycles. The lowest BCUT2D eigenvalue weighted by atomic mass is 10.1. The van der Waals surface area contributed by atoms with Gasteiger partial charge in [0.1, 0.15) is 12.3 Å². The third-order valence-corrected chi connectivity index (χ3v) is 10.8. The first kappa shape index (κ1) is 22.4. The zero-order valence-electron chi connectivity index (χ0n) is 18.7. The molecule has 1 fully saturated rings. The van der Waals surface area contributed by atoms with Gasteiger partial charge in [0.15, 0.2) is 19.8 Å². The standard InChI is InChI=1S/C21H32N2O6Si/c1-12(24)28-13-8-16-19(29-30(6,7)21(2,3)4)22-15-10-17(25)18(27-5)9-14(15)20(26)23(16)11-13/h9-10,13,16,19,22,25H,8,11H2,1-7H3/t13-,16?,19?/m1/s1. The molecule has 0 aliphatic carbocycles. The summed E-state index contributed by atoms with van der Waals surface area (Å²) >= 11 is 0. The molecule has 0 radical (unpaired) electrons. The maximum absolute atomic E-state index is 13.4. The van der Waals surface area contributed by atoms with Crippen LogP contribution in [0.25, 0.3) is 0 Å². The van der Waals surface area contributed by atoms with Crippen molar-refractivity contribution in [3.05, 3.63) is 17.7 Å². The first-order chi connectivity index (χ1) is 13.8. The van der Waals surface area contributed by atoms with Gasteiger partial charge >= 0.3 is 5.97 Å². The van der Waals surface area contributed by atoms with Gasteiger partial charge in [-0.1, -0.05) is 20.8 Å². The van der Waals surface area contributed by atoms with E-state index in [1.165, 1.54) is 26.2 Å². The second kappa shape index (κ2) is 7.77. The second-order valence-corrected chi connectivity index (χ2v) is 14.3. The number of amides is 1. The van der Waals surface area contributed by atoms with Crippen LogP contribution in [0.4, 0.5) is 5.69 Å². The number of hydrogen-bond acceptors (Lipinski definition) is 7. The number of methoxy groups -OCH3 is 1. The fraction of sp³-hybridized carbons (Fsp3) is 0.619. The van der Waals surface area contributed by atoms with Gasteiger partial charge in [0.25, 0.3) is 5.91 Å². The number of rotatable bonds is 4. The number of aromatic hydroxyl groups is 1. The van der Waals surface area contributed by atoms with Gasteiger partial charge < -0.3 is 29.2 Å². The van der Waals surface area contributed by atoms with E-state index in [0.717, 1.165) is 0 Å². The molecule has 0 bridgehead atoms. The molecule has 0 spiro atoms. The Balaban J connectivity index is 2.03. The molecular weight excluding hydrogens is 404 g/mol. The Morgan fingerprint density at radius 1 is 1.30 bits per heavy atom. The Kier molecular flexibility index (Phi) is 5.81. The zero-order valence-corrected chi connectivity index (χ0v) is 19.7. The minimum atomic E-state index is -2.20. The largest absolute Gasteiger partial charge is 0.504 e. The van der Waals surface area contributed by atoms with Crippen molar-refractivity contribution < 1.29 is 28.6 Å². The minimum Gasteiger partial charge on any atom is -0.504 e. The quantitative estimate of drug-likeness (QED) is 0.552. The van der Waals surface area contributed by atoms with E-state index < -0.39 is 14.5 Å². The molecule has 8 nitrogen and oxygen atoms in total. The fourth-order valence-corrected chi connectivity index (χ4v) is 4.91. The number of fused-ring (bicyclic) bond motifs is 2. The molecule has 3 atom stereocenters. The lowest BCUT2D eigenvalue weighted by molar-refractivity contribution is -0.145. The van der Waals surface area contributed by atoms with Crippen LogP contribution in [0.1, 0.15) is 44.5 Å². The SMILES string of the molecule is COc1cc2c(cc1O)NC(O[Si](C)(C)C(C)(C)C)C1C[C@@H](OC(C)=O)CN1C2=O. The topological polar surface area (TPSA) is 97.3 Å². The molecule has 2 N–H and O–H groups in total. The van der Waals surface area contributed by atoms with Crippen molar-refractivity contribution in [2.24, 2.45) is 0 Å². The predicted molar refractivity (Wildman–Crippen MR) is 115 cm³/mol. The second-order valence-electron chi connectivity index (χ2n) is 9.50. The molecule has 9 heteroatoms. The average Bonchev–Trinajstić information content (AvgIpc) is 2.99. The number of nitrogens with zero attached hydrogens (tertiary/aromatic N) is 1. The van der Waals surface area contributed by atoms with E-state index in [0.29, 0.717) is 24.2 Å². The van der Waals surface area contributed by atoms with Gasteiger partial charge in [0.2, 0.25) is 0 Å². The van der Waals surface area contributed by atoms with Gasteiger partial charge in [0.05, 0.1) is 30.9 Å². The summed E-state index contributed by atoms with van der Waals surface area (Å²) in [6.45, 7) is 12.4. The van der Waals surface area contributed by atoms with Gasteiger partial charge in [-0.25, -0.2) is 0 Å². The lowest BCUT2D eigenvalue weighted by Crippen LogP contribution is -2.52. The number of hydrogen-bond donors (Lipinski definition) is 2. The Morgan fingerprint density at radius 2 is 1.97 bits per heavy atom. The highest BCUT2D eigenvalue weighted by molar-refractivity contribution is 6.74. The van der Waals surface area contributed by atoms with E-state index in [4.69, 9.17) is 13.9 Å². The van der Waals surface area contributed by atoms with Gasteiger partial charge in [-0.15, -0.1) is 0 Å². The van der Waals surface area contributed by atoms with Crippen LogP contribution < -0.4 is 10.1 Å². The third kappa shape index (κ3) is 4.13. The van der Waals surface area contributed by atoms with E-state index in [2.05, 4.69) is 39.2 Å². The molecule has 2 aliphatic heterocycles. The van der Waals surface area contributed by atoms with Gasteiger partial charge in [-0.2, -0.15) is 0 Å². The van der Waals surface area contributed by atoms with E-state index in [-0.39, 0.29) is 40.6 Å². The number of nitrogens with one attached hydrogen (secondary N) is 1. The van der Waals surface area contributed by atoms with Crippen molar-refractivity contribution in [1.29, 1.82) is 0 Å². The summed E-state index contributed by atoms with van der Waals surface area (Å²) in [6.07, 6.45) is -0.400. The van der Waals surface area contributed by atoms with Crippen LogP contribution in [0.3, 0.4) is 0 Å². The molecule has 1 aromatic rings. The number of benzene rings is 1. The molecule has 166 valence electrons. The highest BCUT2D eigenvalue weighted by Gasteiger charge is 2.48. The van der Waals surface area contributed by atoms with Crippen LogP contribution in [-0.2, 0) is 14.0 Å². The Labute approximate surface area is 178 Å². The number of anilines is 1. The minimum absolute atomic E-state index is 0.0331. The van der Waals surface area contributed by atoms with Crippen LogP contribution in [0, 0.1) is 0 Å². The first-order valence-electron chi connectivity index (χ1n) is 10.2. The summed E-state index contributed by atoms with van der Waals surface area (Å²) in [7, 11) is -0.759. The van der Waals surface area contributed by atoms with E-state index in [1.807, 2.05) is 0 Å². The zero-order chi connectivity index (χ0) is 22.4. The number of phenolic OH excluding ortho intramolecular Hbond substituents is 1. The molecule has 1 saturated heterocycles. The molecule has 30 heavy (non-hydrogen) atoms. The van der Waals surface area contributed by atoms with E-state index in [1.54, 1.807) is 4.90 Å². The van der Waals surface area contributed by atoms with E-state index >= 15 is 0 Å². The van der Waals surface area contributed by atoms with Gasteiger partial charge in [-0.3, -0.25) is 9.59 Å². The summed E-state index contributed by atoms with van der Waals surface area (Å²) in [6, 6.07) is 2.72. The van der Waals surface area contributed by atoms with Crippen LogP contribution in [-0.4, -0.2) is 62.2 Å². The van der Waals surface area contributed by atoms with E-state index in [9.17, 15) is 14.7 Å². The number of esters is 1. The van der Waals surface area contributed by atoms with Crippen molar-refractivity contribution in [1.82, 2.24) is 4.90 Å². The summed E-state index contributed by atoms with van der Waals surface area (Å²) < 4.78 is 17.3. The van der Waals surface area contributed by atoms with Gasteiger partial charge in [-0.05, 0) is 24.2 Å². The smallest absolute Gasteiger partial charge is 0.302 e. The molecule has 0 aromatic heterocycles. The lowest BCUT2D eigenvalue weighted by Gasteiger charge is -2.41. The average molecular weight is 437 g/mol. The van der Waals surface area contributed by atoms with Crippen molar-refractivity contribution >= 4 is 25.9 Å². The molecule has 2 unspecified atom stereocenters. The first-order valence-corrected chi connectivity index (χ1v) is 13.1. The Morgan fingerprint density at radius 3 is 2.53 bits per heavy atom. The van der Waals surface area contributed by atoms with Crippen molar-refractivity contribution in [2.75, 3.05) is 19.0 Å². The summed E-state index contributed by atoms with van der Waals surface area (Å²) in [5, 5.41) is 13.6. The van der Waals surface area contributed by atoms with Crippen molar-refractivity contribution in [3.8, 4) is 11.5 Å². The summed E-state index contributed by atoms with van der Waals surface area (Å²) in [5.74, 6) is -0.411. The number of ether oxygens (including phenoxy) is 2. The molecular formula is C21H32N2O6Si. The summed E-state index contributed by atoms with van der Waals surface area (Å²) in [5.41, 5.74) is 0.889. The number of carbonyl (C=O) groups excluding carboxylic acids is 2. The fourth-order valence-electron chi connectivity index (χ4n) is 3.70. The van der Waals surface area contributed by atoms with Crippen LogP contribution in [0.5, 0.6) is 11.5 Å². The predicted octanol–water partition coefficient (Wildman–Crippen LogP) is 3.32. The van der Waals surface area contributed by atoms with Gasteiger partial charge in [0, 0.05) is 19.4 Å². The Hall–Kier alpha value is -2.26. The molecule has 0 saturated carbocycles. The van der Waals surface area contributed by atoms with Crippen LogP contribution in [0.2, 0.25) is 18.1 Å². The molecule has 1 amide bonds. The summed E-state index contributed by atoms with van der Waals surface area (Å²) in [4.78, 5) is 26.6. The Bertz CT molecular complexity index is 851. The molecule has 2 aliphatic rings. The number of phenols is 1. The monoisotopic (exact) mass is 436 g/mol. The normalized spacial score (nSPS) is 23.9. The highest BCUT2D eigenvalue weighted by atomic mass is 28.4. The maximum atomic E-state index is 13.4. The molecule has 3 rings (SSSR count). The van der Waals surface area contributed by atoms with Crippen molar-refractivity contribution in [3.63, 3.8) is 0 Å².